The lowest BCUT2D eigenvalue weighted by molar-refractivity contribution is -0.0483. The molecule has 0 aromatic rings. The molecule has 1 unspecified atom stereocenters. The number of ether oxygens (including phenoxy) is 2. The van der Waals surface area contributed by atoms with Crippen LogP contribution in [0.25, 0.3) is 0 Å². The van der Waals surface area contributed by atoms with Gasteiger partial charge in [0.1, 0.15) is 6.23 Å². The van der Waals surface area contributed by atoms with Gasteiger partial charge in [0.15, 0.2) is 0 Å². The number of aliphatic hydroxyl groups excluding tert-OH is 1. The van der Waals surface area contributed by atoms with Crippen LogP contribution in [0.4, 0.5) is 0 Å². The van der Waals surface area contributed by atoms with Crippen LogP contribution in [0.1, 0.15) is 27.7 Å². The number of rotatable bonds is 7. The Morgan fingerprint density at radius 2 is 1.73 bits per heavy atom. The average Bonchev–Trinajstić information content (AvgIpc) is 2.08. The average molecular weight is 219 g/mol. The Labute approximate surface area is 93.2 Å². The van der Waals surface area contributed by atoms with Crippen molar-refractivity contribution in [2.75, 3.05) is 33.4 Å². The van der Waals surface area contributed by atoms with Gasteiger partial charge in [-0.15, -0.1) is 0 Å². The second kappa shape index (κ2) is 7.17. The second-order valence-electron chi connectivity index (χ2n) is 4.62. The van der Waals surface area contributed by atoms with Gasteiger partial charge in [-0.1, -0.05) is 0 Å². The van der Waals surface area contributed by atoms with Crippen molar-refractivity contribution < 1.29 is 14.6 Å². The summed E-state index contributed by atoms with van der Waals surface area (Å²) in [5.74, 6) is 0. The smallest absolute Gasteiger partial charge is 0.104 e. The zero-order chi connectivity index (χ0) is 11.9. The lowest BCUT2D eigenvalue weighted by Gasteiger charge is -2.27. The quantitative estimate of drug-likeness (QED) is 0.651. The molecule has 0 saturated carbocycles. The zero-order valence-electron chi connectivity index (χ0n) is 10.6. The molecule has 0 radical (unpaired) electrons. The van der Waals surface area contributed by atoms with Crippen molar-refractivity contribution >= 4 is 0 Å². The van der Waals surface area contributed by atoms with E-state index in [1.165, 1.54) is 0 Å². The van der Waals surface area contributed by atoms with Gasteiger partial charge in [0.25, 0.3) is 0 Å². The minimum absolute atomic E-state index is 0.119. The molecule has 92 valence electrons. The monoisotopic (exact) mass is 219 g/mol. The Morgan fingerprint density at radius 1 is 1.20 bits per heavy atom. The molecule has 1 N–H and O–H groups in total. The van der Waals surface area contributed by atoms with Crippen molar-refractivity contribution in [1.29, 1.82) is 0 Å². The van der Waals surface area contributed by atoms with Crippen LogP contribution in [0, 0.1) is 0 Å². The molecule has 0 bridgehead atoms. The Hall–Kier alpha value is -0.160. The number of aliphatic hydroxyl groups is 1. The van der Waals surface area contributed by atoms with Crippen LogP contribution in [0.2, 0.25) is 0 Å². The van der Waals surface area contributed by atoms with Gasteiger partial charge in [0.05, 0.1) is 18.8 Å². The molecule has 0 heterocycles. The summed E-state index contributed by atoms with van der Waals surface area (Å²) in [6, 6.07) is 0. The van der Waals surface area contributed by atoms with Gasteiger partial charge >= 0.3 is 0 Å². The van der Waals surface area contributed by atoms with Crippen LogP contribution >= 0.6 is 0 Å². The maximum Gasteiger partial charge on any atom is 0.104 e. The number of hydrogen-bond acceptors (Lipinski definition) is 4. The third-order valence-corrected chi connectivity index (χ3v) is 2.02. The van der Waals surface area contributed by atoms with Gasteiger partial charge in [-0.25, -0.2) is 0 Å². The summed E-state index contributed by atoms with van der Waals surface area (Å²) in [4.78, 5) is 1.93. The van der Waals surface area contributed by atoms with Crippen LogP contribution < -0.4 is 0 Å². The summed E-state index contributed by atoms with van der Waals surface area (Å²) in [5.41, 5.74) is -0.119. The first-order valence-electron chi connectivity index (χ1n) is 5.42. The zero-order valence-corrected chi connectivity index (χ0v) is 10.6. The molecule has 4 nitrogen and oxygen atoms in total. The van der Waals surface area contributed by atoms with Crippen molar-refractivity contribution in [3.8, 4) is 0 Å². The fraction of sp³-hybridized carbons (Fsp3) is 1.00. The second-order valence-corrected chi connectivity index (χ2v) is 4.62. The Morgan fingerprint density at radius 3 is 2.13 bits per heavy atom. The van der Waals surface area contributed by atoms with E-state index < -0.39 is 6.23 Å². The molecule has 0 aromatic heterocycles. The summed E-state index contributed by atoms with van der Waals surface area (Å²) < 4.78 is 10.6. The molecule has 0 aromatic carbocycles. The minimum Gasteiger partial charge on any atom is -0.383 e. The van der Waals surface area contributed by atoms with Gasteiger partial charge in [-0.05, 0) is 27.7 Å². The molecule has 4 heteroatoms. The van der Waals surface area contributed by atoms with Crippen LogP contribution in [0.15, 0.2) is 0 Å². The van der Waals surface area contributed by atoms with E-state index in [4.69, 9.17) is 9.47 Å². The number of nitrogens with zero attached hydrogens (tertiary/aromatic N) is 1. The SMILES string of the molecule is COCCN(CCOC(C)(C)C)C(C)O. The van der Waals surface area contributed by atoms with E-state index >= 15 is 0 Å². The van der Waals surface area contributed by atoms with E-state index in [1.807, 2.05) is 25.7 Å². The summed E-state index contributed by atoms with van der Waals surface area (Å²) in [6.07, 6.45) is -0.455. The van der Waals surface area contributed by atoms with Crippen molar-refractivity contribution in [2.45, 2.75) is 39.5 Å². The van der Waals surface area contributed by atoms with Crippen LogP contribution in [-0.2, 0) is 9.47 Å². The predicted molar refractivity (Wildman–Crippen MR) is 60.8 cm³/mol. The molecule has 0 spiro atoms. The van der Waals surface area contributed by atoms with Gasteiger partial charge in [0, 0.05) is 20.2 Å². The molecule has 0 rings (SSSR count). The van der Waals surface area contributed by atoms with E-state index in [1.54, 1.807) is 14.0 Å². The number of methoxy groups -OCH3 is 1. The van der Waals surface area contributed by atoms with E-state index in [0.29, 0.717) is 13.2 Å². The van der Waals surface area contributed by atoms with Crippen LogP contribution in [-0.4, -0.2) is 55.2 Å². The summed E-state index contributed by atoms with van der Waals surface area (Å²) >= 11 is 0. The van der Waals surface area contributed by atoms with Crippen molar-refractivity contribution in [2.24, 2.45) is 0 Å². The molecule has 1 atom stereocenters. The van der Waals surface area contributed by atoms with Gasteiger partial charge in [-0.2, -0.15) is 0 Å². The Bertz CT molecular complexity index is 154. The fourth-order valence-corrected chi connectivity index (χ4v) is 1.16. The van der Waals surface area contributed by atoms with E-state index in [-0.39, 0.29) is 5.60 Å². The summed E-state index contributed by atoms with van der Waals surface area (Å²) in [7, 11) is 1.66. The third-order valence-electron chi connectivity index (χ3n) is 2.02. The van der Waals surface area contributed by atoms with Crippen molar-refractivity contribution in [1.82, 2.24) is 4.90 Å². The molecule has 0 fully saturated rings. The fourth-order valence-electron chi connectivity index (χ4n) is 1.16. The van der Waals surface area contributed by atoms with Crippen LogP contribution in [0.5, 0.6) is 0 Å². The minimum atomic E-state index is -0.455. The van der Waals surface area contributed by atoms with Gasteiger partial charge in [0.2, 0.25) is 0 Å². The van der Waals surface area contributed by atoms with Crippen molar-refractivity contribution in [3.63, 3.8) is 0 Å². The first-order chi connectivity index (χ1) is 6.87. The molecule has 0 amide bonds. The molecular formula is C11H25NO3. The predicted octanol–water partition coefficient (Wildman–Crippen LogP) is 1.09. The normalized spacial score (nSPS) is 14.6. The molecule has 0 saturated heterocycles. The topological polar surface area (TPSA) is 41.9 Å². The lowest BCUT2D eigenvalue weighted by Crippen LogP contribution is -2.39. The third kappa shape index (κ3) is 8.81. The molecule has 0 aliphatic rings. The standard InChI is InChI=1S/C11H25NO3/c1-10(13)12(6-8-14-5)7-9-15-11(2,3)4/h10,13H,6-9H2,1-5H3. The highest BCUT2D eigenvalue weighted by Crippen LogP contribution is 2.06. The Kier molecular flexibility index (Phi) is 7.09. The number of hydrogen-bond donors (Lipinski definition) is 1. The van der Waals surface area contributed by atoms with Gasteiger partial charge in [-0.3, -0.25) is 4.90 Å². The molecule has 0 aliphatic carbocycles. The lowest BCUT2D eigenvalue weighted by atomic mass is 10.2. The first-order valence-corrected chi connectivity index (χ1v) is 5.42. The Balaban J connectivity index is 3.76. The highest BCUT2D eigenvalue weighted by atomic mass is 16.5. The molecule has 15 heavy (non-hydrogen) atoms. The van der Waals surface area contributed by atoms with Gasteiger partial charge < -0.3 is 14.6 Å². The first kappa shape index (κ1) is 14.8. The van der Waals surface area contributed by atoms with Crippen LogP contribution in [0.3, 0.4) is 0 Å². The summed E-state index contributed by atoms with van der Waals surface area (Å²) in [6.45, 7) is 10.5. The van der Waals surface area contributed by atoms with Crippen molar-refractivity contribution in [3.05, 3.63) is 0 Å². The maximum atomic E-state index is 9.48. The largest absolute Gasteiger partial charge is 0.383 e. The van der Waals surface area contributed by atoms with E-state index in [0.717, 1.165) is 13.1 Å². The highest BCUT2D eigenvalue weighted by Gasteiger charge is 2.13. The highest BCUT2D eigenvalue weighted by molar-refractivity contribution is 4.62. The van der Waals surface area contributed by atoms with E-state index in [9.17, 15) is 5.11 Å². The molecular weight excluding hydrogens is 194 g/mol. The van der Waals surface area contributed by atoms with E-state index in [2.05, 4.69) is 0 Å². The molecule has 0 aliphatic heterocycles. The summed E-state index contributed by atoms with van der Waals surface area (Å²) in [5, 5.41) is 9.48. The maximum absolute atomic E-state index is 9.48.